The quantitative estimate of drug-likeness (QED) is 0.204. The smallest absolute Gasteiger partial charge is 0.160 e. The van der Waals surface area contributed by atoms with Crippen molar-refractivity contribution in [3.63, 3.8) is 0 Å². The SMILES string of the molecule is Fc1cccc2oc3c(-c4nc(-c5cc(-c6ccccc6)cc(-c6ccc7ccccc7c6)c5)nc5ccccc45)cccc3c12. The summed E-state index contributed by atoms with van der Waals surface area (Å²) in [5.74, 6) is 0.299. The van der Waals surface area contributed by atoms with Crippen LogP contribution >= 0.6 is 0 Å². The summed E-state index contributed by atoms with van der Waals surface area (Å²) in [7, 11) is 0. The van der Waals surface area contributed by atoms with Gasteiger partial charge in [-0.05, 0) is 81.6 Å². The van der Waals surface area contributed by atoms with Gasteiger partial charge in [0.1, 0.15) is 17.0 Å². The molecule has 0 unspecified atom stereocenters. The third-order valence-electron chi connectivity index (χ3n) is 8.71. The van der Waals surface area contributed by atoms with Crippen LogP contribution in [-0.4, -0.2) is 9.97 Å². The molecule has 216 valence electrons. The Balaban J connectivity index is 1.30. The van der Waals surface area contributed by atoms with E-state index in [4.69, 9.17) is 14.4 Å². The Kier molecular flexibility index (Phi) is 6.00. The van der Waals surface area contributed by atoms with Gasteiger partial charge in [0, 0.05) is 21.9 Å². The molecule has 3 nitrogen and oxygen atoms in total. The van der Waals surface area contributed by atoms with Crippen LogP contribution in [0.15, 0.2) is 156 Å². The highest BCUT2D eigenvalue weighted by molar-refractivity contribution is 6.11. The molecule has 0 saturated heterocycles. The summed E-state index contributed by atoms with van der Waals surface area (Å²) in [4.78, 5) is 10.3. The van der Waals surface area contributed by atoms with Crippen molar-refractivity contribution in [3.05, 3.63) is 157 Å². The second-order valence-corrected chi connectivity index (χ2v) is 11.5. The Bertz CT molecular complexity index is 2610. The zero-order valence-electron chi connectivity index (χ0n) is 24.6. The molecule has 0 aliphatic carbocycles. The van der Waals surface area contributed by atoms with Crippen molar-refractivity contribution >= 4 is 43.6 Å². The fraction of sp³-hybridized carbons (Fsp3) is 0. The van der Waals surface area contributed by atoms with Gasteiger partial charge >= 0.3 is 0 Å². The molecule has 46 heavy (non-hydrogen) atoms. The zero-order chi connectivity index (χ0) is 30.6. The van der Waals surface area contributed by atoms with E-state index in [0.29, 0.717) is 22.4 Å². The summed E-state index contributed by atoms with van der Waals surface area (Å²) >= 11 is 0. The molecule has 0 radical (unpaired) electrons. The van der Waals surface area contributed by atoms with Crippen LogP contribution in [-0.2, 0) is 0 Å². The van der Waals surface area contributed by atoms with Gasteiger partial charge in [0.05, 0.1) is 16.6 Å². The lowest BCUT2D eigenvalue weighted by Gasteiger charge is -2.13. The summed E-state index contributed by atoms with van der Waals surface area (Å²) in [5, 5.41) is 4.49. The molecule has 9 rings (SSSR count). The third-order valence-corrected chi connectivity index (χ3v) is 8.71. The van der Waals surface area contributed by atoms with Gasteiger partial charge in [0.25, 0.3) is 0 Å². The Morgan fingerprint density at radius 2 is 1.20 bits per heavy atom. The number of furan rings is 1. The van der Waals surface area contributed by atoms with E-state index in [9.17, 15) is 4.39 Å². The average molecular weight is 593 g/mol. The van der Waals surface area contributed by atoms with Gasteiger partial charge in [0.15, 0.2) is 5.82 Å². The molecule has 7 aromatic carbocycles. The molecule has 0 spiro atoms. The Morgan fingerprint density at radius 3 is 2.09 bits per heavy atom. The molecule has 0 aliphatic heterocycles. The monoisotopic (exact) mass is 592 g/mol. The van der Waals surface area contributed by atoms with E-state index >= 15 is 0 Å². The summed E-state index contributed by atoms with van der Waals surface area (Å²) in [6, 6.07) is 50.7. The van der Waals surface area contributed by atoms with Crippen molar-refractivity contribution in [2.75, 3.05) is 0 Å². The highest BCUT2D eigenvalue weighted by Crippen LogP contribution is 2.40. The minimum atomic E-state index is -0.305. The first-order chi connectivity index (χ1) is 22.7. The zero-order valence-corrected chi connectivity index (χ0v) is 24.6. The maximum atomic E-state index is 15.0. The van der Waals surface area contributed by atoms with Crippen LogP contribution in [0.3, 0.4) is 0 Å². The number of fused-ring (bicyclic) bond motifs is 5. The van der Waals surface area contributed by atoms with Gasteiger partial charge in [-0.15, -0.1) is 0 Å². The number of rotatable bonds is 4. The van der Waals surface area contributed by atoms with E-state index in [0.717, 1.165) is 55.4 Å². The normalized spacial score (nSPS) is 11.6. The highest BCUT2D eigenvalue weighted by atomic mass is 19.1. The van der Waals surface area contributed by atoms with Crippen LogP contribution in [0, 0.1) is 5.82 Å². The van der Waals surface area contributed by atoms with Gasteiger partial charge in [-0.2, -0.15) is 0 Å². The molecule has 0 atom stereocenters. The number of hydrogen-bond donors (Lipinski definition) is 0. The van der Waals surface area contributed by atoms with Crippen molar-refractivity contribution in [1.29, 1.82) is 0 Å². The van der Waals surface area contributed by atoms with E-state index in [2.05, 4.69) is 84.9 Å². The van der Waals surface area contributed by atoms with E-state index in [1.807, 2.05) is 48.5 Å². The summed E-state index contributed by atoms with van der Waals surface area (Å²) < 4.78 is 21.3. The van der Waals surface area contributed by atoms with Crippen LogP contribution in [0.1, 0.15) is 0 Å². The predicted octanol–water partition coefficient (Wildman–Crippen LogP) is 11.5. The highest BCUT2D eigenvalue weighted by Gasteiger charge is 2.19. The van der Waals surface area contributed by atoms with Gasteiger partial charge in [0.2, 0.25) is 0 Å². The standard InChI is InChI=1S/C42H25FN2O/c43-36-17-9-19-38-39(36)34-15-8-16-35(41(34)46-38)40-33-14-6-7-18-37(33)44-42(45-40)32-24-30(26-10-2-1-3-11-26)23-31(25-32)29-21-20-27-12-4-5-13-28(27)22-29/h1-25H. The third kappa shape index (κ3) is 4.34. The van der Waals surface area contributed by atoms with Crippen molar-refractivity contribution in [3.8, 4) is 44.9 Å². The topological polar surface area (TPSA) is 38.9 Å². The largest absolute Gasteiger partial charge is 0.455 e. The van der Waals surface area contributed by atoms with Gasteiger partial charge < -0.3 is 4.42 Å². The van der Waals surface area contributed by atoms with Crippen molar-refractivity contribution < 1.29 is 8.81 Å². The summed E-state index contributed by atoms with van der Waals surface area (Å²) in [6.07, 6.45) is 0. The molecule has 0 fully saturated rings. The molecule has 9 aromatic rings. The lowest BCUT2D eigenvalue weighted by Crippen LogP contribution is -1.96. The Hall–Kier alpha value is -6.13. The minimum absolute atomic E-state index is 0.305. The number of halogens is 1. The summed E-state index contributed by atoms with van der Waals surface area (Å²) in [5.41, 5.74) is 8.76. The molecule has 2 aromatic heterocycles. The maximum absolute atomic E-state index is 15.0. The molecule has 0 bridgehead atoms. The molecule has 2 heterocycles. The fourth-order valence-corrected chi connectivity index (χ4v) is 6.49. The Labute approximate surface area is 264 Å². The van der Waals surface area contributed by atoms with Crippen LogP contribution in [0.5, 0.6) is 0 Å². The molecule has 0 aliphatic rings. The van der Waals surface area contributed by atoms with Crippen LogP contribution in [0.4, 0.5) is 4.39 Å². The van der Waals surface area contributed by atoms with Crippen LogP contribution in [0.25, 0.3) is 88.5 Å². The lowest BCUT2D eigenvalue weighted by atomic mass is 9.94. The molecule has 0 N–H and O–H groups in total. The van der Waals surface area contributed by atoms with E-state index in [1.165, 1.54) is 16.8 Å². The first-order valence-electron chi connectivity index (χ1n) is 15.3. The molecule has 0 amide bonds. The number of benzene rings is 7. The molecular weight excluding hydrogens is 567 g/mol. The summed E-state index contributed by atoms with van der Waals surface area (Å²) in [6.45, 7) is 0. The van der Waals surface area contributed by atoms with Crippen LogP contribution < -0.4 is 0 Å². The van der Waals surface area contributed by atoms with Gasteiger partial charge in [-0.3, -0.25) is 0 Å². The lowest BCUT2D eigenvalue weighted by molar-refractivity contribution is 0.634. The second-order valence-electron chi connectivity index (χ2n) is 11.5. The number of para-hydroxylation sites is 2. The van der Waals surface area contributed by atoms with Crippen LogP contribution in [0.2, 0.25) is 0 Å². The van der Waals surface area contributed by atoms with Gasteiger partial charge in [-0.1, -0.05) is 103 Å². The Morgan fingerprint density at radius 1 is 0.478 bits per heavy atom. The second kappa shape index (κ2) is 10.5. The predicted molar refractivity (Wildman–Crippen MR) is 186 cm³/mol. The van der Waals surface area contributed by atoms with Gasteiger partial charge in [-0.25, -0.2) is 14.4 Å². The number of hydrogen-bond acceptors (Lipinski definition) is 3. The maximum Gasteiger partial charge on any atom is 0.160 e. The van der Waals surface area contributed by atoms with Crippen molar-refractivity contribution in [2.24, 2.45) is 0 Å². The van der Waals surface area contributed by atoms with Crippen molar-refractivity contribution in [1.82, 2.24) is 9.97 Å². The number of aromatic nitrogens is 2. The number of nitrogens with zero attached hydrogens (tertiary/aromatic N) is 2. The average Bonchev–Trinajstić information content (AvgIpc) is 3.51. The minimum Gasteiger partial charge on any atom is -0.455 e. The molecular formula is C42H25FN2O. The first kappa shape index (κ1) is 26.3. The van der Waals surface area contributed by atoms with Crippen molar-refractivity contribution in [2.45, 2.75) is 0 Å². The molecule has 0 saturated carbocycles. The fourth-order valence-electron chi connectivity index (χ4n) is 6.49. The van der Waals surface area contributed by atoms with E-state index < -0.39 is 0 Å². The molecule has 4 heteroatoms. The van der Waals surface area contributed by atoms with E-state index in [-0.39, 0.29) is 5.82 Å². The first-order valence-corrected chi connectivity index (χ1v) is 15.3. The van der Waals surface area contributed by atoms with E-state index in [1.54, 1.807) is 12.1 Å².